The molecule has 3 aliphatic rings. The summed E-state index contributed by atoms with van der Waals surface area (Å²) >= 11 is 0. The molecule has 0 aromatic rings. The quantitative estimate of drug-likeness (QED) is 0.618. The molecule has 2 amide bonds. The molecule has 0 bridgehead atoms. The van der Waals surface area contributed by atoms with Crippen LogP contribution in [0, 0.1) is 11.8 Å². The van der Waals surface area contributed by atoms with Gasteiger partial charge in [-0.25, -0.2) is 0 Å². The zero-order valence-corrected chi connectivity index (χ0v) is 17.4. The van der Waals surface area contributed by atoms with Gasteiger partial charge in [-0.15, -0.1) is 0 Å². The van der Waals surface area contributed by atoms with Crippen molar-refractivity contribution in [3.63, 3.8) is 0 Å². The van der Waals surface area contributed by atoms with E-state index in [1.54, 1.807) is 0 Å². The van der Waals surface area contributed by atoms with Gasteiger partial charge in [0.2, 0.25) is 11.8 Å². The van der Waals surface area contributed by atoms with Gasteiger partial charge >= 0.3 is 0 Å². The first kappa shape index (κ1) is 21.5. The van der Waals surface area contributed by atoms with Crippen LogP contribution >= 0.6 is 0 Å². The van der Waals surface area contributed by atoms with Crippen LogP contribution in [0.2, 0.25) is 0 Å². The highest BCUT2D eigenvalue weighted by molar-refractivity contribution is 5.83. The van der Waals surface area contributed by atoms with E-state index in [2.05, 4.69) is 4.90 Å². The number of ether oxygens (including phenoxy) is 2. The maximum absolute atomic E-state index is 12.9. The SMILES string of the molecule is CN(CCC1CCOCC1)C(=O)C1CCC(=O)N(CCCN2CCOCC2)C1. The Morgan fingerprint density at radius 3 is 2.54 bits per heavy atom. The van der Waals surface area contributed by atoms with E-state index in [1.807, 2.05) is 16.8 Å². The Bertz CT molecular complexity index is 504. The summed E-state index contributed by atoms with van der Waals surface area (Å²) in [6.45, 7) is 8.42. The highest BCUT2D eigenvalue weighted by Crippen LogP contribution is 2.22. The summed E-state index contributed by atoms with van der Waals surface area (Å²) in [5.41, 5.74) is 0. The average molecular weight is 396 g/mol. The molecular weight excluding hydrogens is 358 g/mol. The number of likely N-dealkylation sites (tertiary alicyclic amines) is 1. The minimum Gasteiger partial charge on any atom is -0.381 e. The second kappa shape index (κ2) is 11.1. The van der Waals surface area contributed by atoms with Gasteiger partial charge in [-0.2, -0.15) is 0 Å². The topological polar surface area (TPSA) is 62.3 Å². The Hall–Kier alpha value is -1.18. The van der Waals surface area contributed by atoms with Crippen LogP contribution < -0.4 is 0 Å². The Balaban J connectivity index is 1.39. The zero-order chi connectivity index (χ0) is 19.8. The highest BCUT2D eigenvalue weighted by atomic mass is 16.5. The van der Waals surface area contributed by atoms with Gasteiger partial charge < -0.3 is 19.3 Å². The maximum atomic E-state index is 12.9. The molecule has 3 saturated heterocycles. The van der Waals surface area contributed by atoms with Gasteiger partial charge in [0.25, 0.3) is 0 Å². The molecule has 7 heteroatoms. The zero-order valence-electron chi connectivity index (χ0n) is 17.4. The van der Waals surface area contributed by atoms with Crippen molar-refractivity contribution < 1.29 is 19.1 Å². The van der Waals surface area contributed by atoms with Gasteiger partial charge in [-0.05, 0) is 38.0 Å². The molecule has 28 heavy (non-hydrogen) atoms. The third-order valence-corrected chi connectivity index (χ3v) is 6.45. The Morgan fingerprint density at radius 2 is 1.79 bits per heavy atom. The number of amides is 2. The monoisotopic (exact) mass is 395 g/mol. The molecule has 7 nitrogen and oxygen atoms in total. The van der Waals surface area contributed by atoms with E-state index >= 15 is 0 Å². The molecule has 3 aliphatic heterocycles. The van der Waals surface area contributed by atoms with Crippen LogP contribution in [0.15, 0.2) is 0 Å². The van der Waals surface area contributed by atoms with E-state index in [0.29, 0.717) is 25.3 Å². The number of hydrogen-bond donors (Lipinski definition) is 0. The first-order chi connectivity index (χ1) is 13.6. The lowest BCUT2D eigenvalue weighted by Crippen LogP contribution is -2.47. The fraction of sp³-hybridized carbons (Fsp3) is 0.905. The lowest BCUT2D eigenvalue weighted by atomic mass is 9.94. The number of nitrogens with zero attached hydrogens (tertiary/aromatic N) is 3. The van der Waals surface area contributed by atoms with E-state index in [9.17, 15) is 9.59 Å². The van der Waals surface area contributed by atoms with Gasteiger partial charge in [-0.1, -0.05) is 0 Å². The summed E-state index contributed by atoms with van der Waals surface area (Å²) in [7, 11) is 1.92. The van der Waals surface area contributed by atoms with E-state index in [4.69, 9.17) is 9.47 Å². The van der Waals surface area contributed by atoms with E-state index in [1.165, 1.54) is 0 Å². The fourth-order valence-electron chi connectivity index (χ4n) is 4.48. The standard InChI is InChI=1S/C21H37N3O4/c1-22(10-5-18-6-13-27-14-7-18)21(26)19-3-4-20(25)24(17-19)9-2-8-23-11-15-28-16-12-23/h18-19H,2-17H2,1H3. The third kappa shape index (κ3) is 6.42. The summed E-state index contributed by atoms with van der Waals surface area (Å²) < 4.78 is 10.8. The Kier molecular flexibility index (Phi) is 8.55. The van der Waals surface area contributed by atoms with Crippen molar-refractivity contribution in [3.05, 3.63) is 0 Å². The maximum Gasteiger partial charge on any atom is 0.227 e. The largest absolute Gasteiger partial charge is 0.381 e. The van der Waals surface area contributed by atoms with Crippen LogP contribution in [0.25, 0.3) is 0 Å². The van der Waals surface area contributed by atoms with Gasteiger partial charge in [-0.3, -0.25) is 14.5 Å². The second-order valence-electron chi connectivity index (χ2n) is 8.49. The fourth-order valence-corrected chi connectivity index (χ4v) is 4.48. The summed E-state index contributed by atoms with van der Waals surface area (Å²) in [5.74, 6) is 1.04. The van der Waals surface area contributed by atoms with Crippen molar-refractivity contribution in [2.75, 3.05) is 72.7 Å². The molecule has 3 rings (SSSR count). The second-order valence-corrected chi connectivity index (χ2v) is 8.49. The molecule has 0 spiro atoms. The number of piperidine rings is 1. The number of morpholine rings is 1. The summed E-state index contributed by atoms with van der Waals surface area (Å²) in [4.78, 5) is 31.4. The van der Waals surface area contributed by atoms with E-state index in [0.717, 1.165) is 84.8 Å². The van der Waals surface area contributed by atoms with Crippen LogP contribution in [-0.4, -0.2) is 99.3 Å². The molecule has 160 valence electrons. The summed E-state index contributed by atoms with van der Waals surface area (Å²) in [6, 6.07) is 0. The molecule has 0 aromatic heterocycles. The van der Waals surface area contributed by atoms with Crippen LogP contribution in [0.4, 0.5) is 0 Å². The number of rotatable bonds is 8. The van der Waals surface area contributed by atoms with Crippen molar-refractivity contribution >= 4 is 11.8 Å². The first-order valence-corrected chi connectivity index (χ1v) is 11.0. The van der Waals surface area contributed by atoms with Crippen LogP contribution in [0.3, 0.4) is 0 Å². The number of carbonyl (C=O) groups is 2. The average Bonchev–Trinajstić information content (AvgIpc) is 2.74. The lowest BCUT2D eigenvalue weighted by Gasteiger charge is -2.35. The molecule has 3 fully saturated rings. The molecule has 1 atom stereocenters. The first-order valence-electron chi connectivity index (χ1n) is 11.0. The van der Waals surface area contributed by atoms with Gasteiger partial charge in [0.15, 0.2) is 0 Å². The highest BCUT2D eigenvalue weighted by Gasteiger charge is 2.31. The van der Waals surface area contributed by atoms with Crippen LogP contribution in [-0.2, 0) is 19.1 Å². The van der Waals surface area contributed by atoms with Crippen molar-refractivity contribution in [2.45, 2.75) is 38.5 Å². The van der Waals surface area contributed by atoms with Crippen molar-refractivity contribution in [2.24, 2.45) is 11.8 Å². The van der Waals surface area contributed by atoms with Crippen molar-refractivity contribution in [1.82, 2.24) is 14.7 Å². The van der Waals surface area contributed by atoms with E-state index < -0.39 is 0 Å². The van der Waals surface area contributed by atoms with Crippen LogP contribution in [0.1, 0.15) is 38.5 Å². The minimum atomic E-state index is -0.0409. The molecule has 0 saturated carbocycles. The summed E-state index contributed by atoms with van der Waals surface area (Å²) in [6.07, 6.45) is 5.43. The number of hydrogen-bond acceptors (Lipinski definition) is 5. The Labute approximate surface area is 169 Å². The molecule has 0 radical (unpaired) electrons. The predicted molar refractivity (Wildman–Crippen MR) is 107 cm³/mol. The Morgan fingerprint density at radius 1 is 1.07 bits per heavy atom. The third-order valence-electron chi connectivity index (χ3n) is 6.45. The van der Waals surface area contributed by atoms with E-state index in [-0.39, 0.29) is 17.7 Å². The van der Waals surface area contributed by atoms with Gasteiger partial charge in [0.05, 0.1) is 19.1 Å². The minimum absolute atomic E-state index is 0.0409. The lowest BCUT2D eigenvalue weighted by molar-refractivity contribution is -0.142. The molecule has 1 unspecified atom stereocenters. The molecule has 0 N–H and O–H groups in total. The van der Waals surface area contributed by atoms with Crippen molar-refractivity contribution in [3.8, 4) is 0 Å². The predicted octanol–water partition coefficient (Wildman–Crippen LogP) is 1.22. The summed E-state index contributed by atoms with van der Waals surface area (Å²) in [5, 5.41) is 0. The van der Waals surface area contributed by atoms with Crippen LogP contribution in [0.5, 0.6) is 0 Å². The molecule has 0 aromatic carbocycles. The smallest absolute Gasteiger partial charge is 0.227 e. The molecule has 3 heterocycles. The number of carbonyl (C=O) groups excluding carboxylic acids is 2. The van der Waals surface area contributed by atoms with Gasteiger partial charge in [0.1, 0.15) is 0 Å². The molecular formula is C21H37N3O4. The normalized spacial score (nSPS) is 25.1. The van der Waals surface area contributed by atoms with Gasteiger partial charge in [0, 0.05) is 66.0 Å². The molecule has 0 aliphatic carbocycles. The van der Waals surface area contributed by atoms with Crippen molar-refractivity contribution in [1.29, 1.82) is 0 Å².